The van der Waals surface area contributed by atoms with Crippen LogP contribution in [0.2, 0.25) is 10.0 Å². The molecule has 140 valence electrons. The SMILES string of the molecule is O=C(O)[C@@H]1CC[C@H](C(=O)N2CCN(C(=O)c3cc(Cl)cc(Cl)c3)CC2)C1. The molecule has 1 heterocycles. The highest BCUT2D eigenvalue weighted by Gasteiger charge is 2.37. The van der Waals surface area contributed by atoms with Gasteiger partial charge >= 0.3 is 5.97 Å². The second-order valence-electron chi connectivity index (χ2n) is 6.82. The molecular weight excluding hydrogens is 379 g/mol. The van der Waals surface area contributed by atoms with E-state index in [-0.39, 0.29) is 17.7 Å². The van der Waals surface area contributed by atoms with Gasteiger partial charge < -0.3 is 14.9 Å². The van der Waals surface area contributed by atoms with E-state index in [1.165, 1.54) is 0 Å². The molecular formula is C18H20Cl2N2O4. The number of aliphatic carboxylic acids is 1. The van der Waals surface area contributed by atoms with Crippen molar-refractivity contribution in [3.05, 3.63) is 33.8 Å². The fourth-order valence-electron chi connectivity index (χ4n) is 3.68. The summed E-state index contributed by atoms with van der Waals surface area (Å²) < 4.78 is 0. The lowest BCUT2D eigenvalue weighted by atomic mass is 10.0. The van der Waals surface area contributed by atoms with Crippen LogP contribution in [0.1, 0.15) is 29.6 Å². The number of nitrogens with zero attached hydrogens (tertiary/aromatic N) is 2. The van der Waals surface area contributed by atoms with Gasteiger partial charge in [0.2, 0.25) is 5.91 Å². The summed E-state index contributed by atoms with van der Waals surface area (Å²) in [5.74, 6) is -1.61. The predicted molar refractivity (Wildman–Crippen MR) is 97.4 cm³/mol. The lowest BCUT2D eigenvalue weighted by Crippen LogP contribution is -2.51. The molecule has 0 bridgehead atoms. The maximum absolute atomic E-state index is 12.6. The van der Waals surface area contributed by atoms with Crippen LogP contribution in [0.4, 0.5) is 0 Å². The van der Waals surface area contributed by atoms with Gasteiger partial charge in [-0.3, -0.25) is 14.4 Å². The molecule has 0 unspecified atom stereocenters. The Hall–Kier alpha value is -1.79. The number of carbonyl (C=O) groups excluding carboxylic acids is 2. The van der Waals surface area contributed by atoms with E-state index in [0.717, 1.165) is 0 Å². The van der Waals surface area contributed by atoms with Crippen LogP contribution < -0.4 is 0 Å². The number of carboxylic acids is 1. The number of halogens is 2. The standard InChI is InChI=1S/C18H20Cl2N2O4/c19-14-8-13(9-15(20)10-14)17(24)22-5-3-21(4-6-22)16(23)11-1-2-12(7-11)18(25)26/h8-12H,1-7H2,(H,25,26)/t11-,12+/m0/s1. The molecule has 1 aliphatic heterocycles. The maximum atomic E-state index is 12.6. The van der Waals surface area contributed by atoms with Gasteiger partial charge in [-0.1, -0.05) is 23.2 Å². The van der Waals surface area contributed by atoms with Gasteiger partial charge in [0.25, 0.3) is 5.91 Å². The van der Waals surface area contributed by atoms with E-state index in [2.05, 4.69) is 0 Å². The Morgan fingerprint density at radius 1 is 0.885 bits per heavy atom. The number of carbonyl (C=O) groups is 3. The second-order valence-corrected chi connectivity index (χ2v) is 7.69. The molecule has 0 aromatic heterocycles. The number of piperazine rings is 1. The van der Waals surface area contributed by atoms with Gasteiger partial charge in [0.05, 0.1) is 5.92 Å². The molecule has 1 aliphatic carbocycles. The Kier molecular flexibility index (Phi) is 5.73. The van der Waals surface area contributed by atoms with Gasteiger partial charge in [0, 0.05) is 47.7 Å². The monoisotopic (exact) mass is 398 g/mol. The Balaban J connectivity index is 1.56. The van der Waals surface area contributed by atoms with Crippen molar-refractivity contribution in [1.29, 1.82) is 0 Å². The molecule has 3 rings (SSSR count). The van der Waals surface area contributed by atoms with E-state index >= 15 is 0 Å². The van der Waals surface area contributed by atoms with Crippen molar-refractivity contribution in [1.82, 2.24) is 9.80 Å². The van der Waals surface area contributed by atoms with Crippen LogP contribution in [-0.2, 0) is 9.59 Å². The van der Waals surface area contributed by atoms with Crippen LogP contribution in [0, 0.1) is 11.8 Å². The molecule has 2 atom stereocenters. The summed E-state index contributed by atoms with van der Waals surface area (Å²) in [6, 6.07) is 4.73. The molecule has 8 heteroatoms. The Morgan fingerprint density at radius 3 is 1.96 bits per heavy atom. The third-order valence-electron chi connectivity index (χ3n) is 5.12. The van der Waals surface area contributed by atoms with E-state index in [1.807, 2.05) is 0 Å². The lowest BCUT2D eigenvalue weighted by molar-refractivity contribution is -0.142. The third kappa shape index (κ3) is 4.13. The minimum Gasteiger partial charge on any atom is -0.481 e. The average molecular weight is 399 g/mol. The first-order valence-electron chi connectivity index (χ1n) is 8.62. The molecule has 1 aromatic rings. The van der Waals surface area contributed by atoms with E-state index in [0.29, 0.717) is 61.1 Å². The van der Waals surface area contributed by atoms with Gasteiger partial charge in [-0.05, 0) is 37.5 Å². The Labute approximate surface area is 161 Å². The summed E-state index contributed by atoms with van der Waals surface area (Å²) in [6.45, 7) is 1.77. The number of benzene rings is 1. The van der Waals surface area contributed by atoms with Crippen molar-refractivity contribution in [2.75, 3.05) is 26.2 Å². The van der Waals surface area contributed by atoms with Gasteiger partial charge in [0.1, 0.15) is 0 Å². The second kappa shape index (κ2) is 7.84. The molecule has 0 spiro atoms. The summed E-state index contributed by atoms with van der Waals surface area (Å²) >= 11 is 11.9. The summed E-state index contributed by atoms with van der Waals surface area (Å²) in [5.41, 5.74) is 0.433. The number of hydrogen-bond acceptors (Lipinski definition) is 3. The normalized spacial score (nSPS) is 23.2. The highest BCUT2D eigenvalue weighted by Crippen LogP contribution is 2.32. The minimum atomic E-state index is -0.823. The Morgan fingerprint density at radius 2 is 1.42 bits per heavy atom. The van der Waals surface area contributed by atoms with E-state index in [9.17, 15) is 14.4 Å². The molecule has 6 nitrogen and oxygen atoms in total. The van der Waals surface area contributed by atoms with Gasteiger partial charge in [-0.15, -0.1) is 0 Å². The lowest BCUT2D eigenvalue weighted by Gasteiger charge is -2.36. The first-order chi connectivity index (χ1) is 12.3. The molecule has 0 radical (unpaired) electrons. The van der Waals surface area contributed by atoms with Crippen molar-refractivity contribution >= 4 is 41.0 Å². The zero-order valence-corrected chi connectivity index (χ0v) is 15.7. The zero-order valence-electron chi connectivity index (χ0n) is 14.2. The van der Waals surface area contributed by atoms with Crippen molar-refractivity contribution in [2.24, 2.45) is 11.8 Å². The highest BCUT2D eigenvalue weighted by atomic mass is 35.5. The van der Waals surface area contributed by atoms with Crippen LogP contribution in [0.3, 0.4) is 0 Å². The molecule has 1 N–H and O–H groups in total. The van der Waals surface area contributed by atoms with Crippen LogP contribution in [0.25, 0.3) is 0 Å². The van der Waals surface area contributed by atoms with Crippen LogP contribution in [-0.4, -0.2) is 58.9 Å². The highest BCUT2D eigenvalue weighted by molar-refractivity contribution is 6.35. The van der Waals surface area contributed by atoms with E-state index in [1.54, 1.807) is 28.0 Å². The molecule has 1 aromatic carbocycles. The minimum absolute atomic E-state index is 0.00616. The predicted octanol–water partition coefficient (Wildman–Crippen LogP) is 2.78. The summed E-state index contributed by atoms with van der Waals surface area (Å²) in [5, 5.41) is 9.89. The van der Waals surface area contributed by atoms with Gasteiger partial charge in [-0.2, -0.15) is 0 Å². The van der Waals surface area contributed by atoms with Crippen molar-refractivity contribution in [2.45, 2.75) is 19.3 Å². The largest absolute Gasteiger partial charge is 0.481 e. The fourth-order valence-corrected chi connectivity index (χ4v) is 4.20. The maximum Gasteiger partial charge on any atom is 0.306 e. The molecule has 26 heavy (non-hydrogen) atoms. The Bertz CT molecular complexity index is 712. The number of amides is 2. The first-order valence-corrected chi connectivity index (χ1v) is 9.37. The zero-order chi connectivity index (χ0) is 18.8. The fraction of sp³-hybridized carbons (Fsp3) is 0.500. The van der Waals surface area contributed by atoms with Crippen LogP contribution in [0.5, 0.6) is 0 Å². The third-order valence-corrected chi connectivity index (χ3v) is 5.56. The summed E-state index contributed by atoms with van der Waals surface area (Å²) in [7, 11) is 0. The van der Waals surface area contributed by atoms with Crippen molar-refractivity contribution in [3.63, 3.8) is 0 Å². The first kappa shape index (κ1) is 19.0. The van der Waals surface area contributed by atoms with E-state index in [4.69, 9.17) is 28.3 Å². The van der Waals surface area contributed by atoms with Gasteiger partial charge in [-0.25, -0.2) is 0 Å². The molecule has 2 aliphatic rings. The summed E-state index contributed by atoms with van der Waals surface area (Å²) in [6.07, 6.45) is 1.59. The number of carboxylic acid groups (broad SMARTS) is 1. The topological polar surface area (TPSA) is 77.9 Å². The molecule has 1 saturated heterocycles. The smallest absolute Gasteiger partial charge is 0.306 e. The summed E-state index contributed by atoms with van der Waals surface area (Å²) in [4.78, 5) is 39.7. The number of rotatable bonds is 3. The van der Waals surface area contributed by atoms with Crippen LogP contribution >= 0.6 is 23.2 Å². The average Bonchev–Trinajstić information content (AvgIpc) is 3.10. The van der Waals surface area contributed by atoms with Gasteiger partial charge in [0.15, 0.2) is 0 Å². The van der Waals surface area contributed by atoms with Crippen molar-refractivity contribution < 1.29 is 19.5 Å². The molecule has 1 saturated carbocycles. The molecule has 2 amide bonds. The quantitative estimate of drug-likeness (QED) is 0.848. The number of hydrogen-bond donors (Lipinski definition) is 1. The van der Waals surface area contributed by atoms with E-state index < -0.39 is 11.9 Å². The van der Waals surface area contributed by atoms with Crippen molar-refractivity contribution in [3.8, 4) is 0 Å². The van der Waals surface area contributed by atoms with Crippen LogP contribution in [0.15, 0.2) is 18.2 Å². The molecule has 2 fully saturated rings.